The molecule has 26 heavy (non-hydrogen) atoms. The molecule has 0 aliphatic carbocycles. The number of rotatable bonds is 6. The van der Waals surface area contributed by atoms with Crippen molar-refractivity contribution in [1.29, 1.82) is 0 Å². The fourth-order valence-electron chi connectivity index (χ4n) is 2.49. The van der Waals surface area contributed by atoms with Crippen LogP contribution < -0.4 is 20.1 Å². The Bertz CT molecular complexity index is 769. The summed E-state index contributed by atoms with van der Waals surface area (Å²) in [5.41, 5.74) is 1.07. The highest BCUT2D eigenvalue weighted by Crippen LogP contribution is 2.32. The van der Waals surface area contributed by atoms with E-state index in [-0.39, 0.29) is 24.2 Å². The number of nitrogens with zero attached hydrogens (tertiary/aromatic N) is 1. The Hall–Kier alpha value is -2.74. The van der Waals surface area contributed by atoms with Gasteiger partial charge in [0, 0.05) is 24.0 Å². The predicted molar refractivity (Wildman–Crippen MR) is 91.7 cm³/mol. The first-order valence-electron chi connectivity index (χ1n) is 8.20. The summed E-state index contributed by atoms with van der Waals surface area (Å²) in [5, 5.41) is 5.81. The first kappa shape index (κ1) is 18.1. The van der Waals surface area contributed by atoms with Crippen molar-refractivity contribution in [3.8, 4) is 11.5 Å². The average molecular weight is 363 g/mol. The van der Waals surface area contributed by atoms with Gasteiger partial charge in [0.1, 0.15) is 18.9 Å². The van der Waals surface area contributed by atoms with Gasteiger partial charge in [0.2, 0.25) is 5.91 Å². The van der Waals surface area contributed by atoms with Crippen molar-refractivity contribution >= 4 is 11.6 Å². The van der Waals surface area contributed by atoms with Gasteiger partial charge in [-0.2, -0.15) is 0 Å². The third-order valence-electron chi connectivity index (χ3n) is 3.93. The molecule has 3 rings (SSSR count). The molecule has 2 aromatic rings. The van der Waals surface area contributed by atoms with Crippen LogP contribution in [-0.2, 0) is 4.79 Å². The number of alkyl halides is 2. The summed E-state index contributed by atoms with van der Waals surface area (Å²) in [6.07, 6.45) is -1.21. The van der Waals surface area contributed by atoms with Gasteiger partial charge in [-0.1, -0.05) is 6.07 Å². The van der Waals surface area contributed by atoms with Crippen LogP contribution in [0.15, 0.2) is 36.5 Å². The average Bonchev–Trinajstić information content (AvgIpc) is 2.66. The van der Waals surface area contributed by atoms with E-state index >= 15 is 0 Å². The van der Waals surface area contributed by atoms with E-state index in [0.717, 1.165) is 5.56 Å². The van der Waals surface area contributed by atoms with Gasteiger partial charge < -0.3 is 20.1 Å². The van der Waals surface area contributed by atoms with Gasteiger partial charge in [0.25, 0.3) is 6.43 Å². The van der Waals surface area contributed by atoms with Crippen LogP contribution in [0, 0.1) is 0 Å². The molecule has 1 unspecified atom stereocenters. The van der Waals surface area contributed by atoms with E-state index in [4.69, 9.17) is 9.47 Å². The maximum atomic E-state index is 12.5. The van der Waals surface area contributed by atoms with Crippen molar-refractivity contribution in [2.45, 2.75) is 19.4 Å². The quantitative estimate of drug-likeness (QED) is 0.825. The third-order valence-corrected chi connectivity index (χ3v) is 3.93. The molecule has 0 spiro atoms. The minimum Gasteiger partial charge on any atom is -0.486 e. The lowest BCUT2D eigenvalue weighted by Gasteiger charge is -2.19. The van der Waals surface area contributed by atoms with Crippen molar-refractivity contribution < 1.29 is 23.0 Å². The Morgan fingerprint density at radius 2 is 1.96 bits per heavy atom. The highest BCUT2D eigenvalue weighted by molar-refractivity contribution is 5.92. The van der Waals surface area contributed by atoms with Crippen LogP contribution in [0.1, 0.15) is 30.6 Å². The fraction of sp³-hybridized carbons (Fsp3) is 0.333. The van der Waals surface area contributed by atoms with E-state index in [1.54, 1.807) is 24.3 Å². The van der Waals surface area contributed by atoms with Crippen molar-refractivity contribution in [3.05, 3.63) is 47.8 Å². The fourth-order valence-corrected chi connectivity index (χ4v) is 2.49. The lowest BCUT2D eigenvalue weighted by molar-refractivity contribution is -0.115. The van der Waals surface area contributed by atoms with Crippen molar-refractivity contribution in [2.75, 3.05) is 25.1 Å². The van der Waals surface area contributed by atoms with E-state index in [0.29, 0.717) is 30.4 Å². The number of nitrogens with one attached hydrogen (secondary N) is 2. The number of carbonyl (C=O) groups excluding carboxylic acids is 1. The molecule has 2 heterocycles. The van der Waals surface area contributed by atoms with Crippen molar-refractivity contribution in [3.63, 3.8) is 0 Å². The molecule has 1 atom stereocenters. The molecule has 2 N–H and O–H groups in total. The van der Waals surface area contributed by atoms with Crippen LogP contribution in [0.2, 0.25) is 0 Å². The monoisotopic (exact) mass is 363 g/mol. The molecule has 6 nitrogen and oxygen atoms in total. The highest BCUT2D eigenvalue weighted by Gasteiger charge is 2.14. The number of carbonyl (C=O) groups is 1. The SMILES string of the molecule is CC(NCC(=O)Nc1ccc2c(c1)OCCO2)c1ccc(C(F)F)nc1. The Morgan fingerprint density at radius 1 is 1.19 bits per heavy atom. The Labute approximate surface area is 149 Å². The van der Waals surface area contributed by atoms with E-state index in [9.17, 15) is 13.6 Å². The first-order chi connectivity index (χ1) is 12.5. The Morgan fingerprint density at radius 3 is 2.65 bits per heavy atom. The number of pyridine rings is 1. The molecule has 8 heteroatoms. The zero-order valence-electron chi connectivity index (χ0n) is 14.2. The highest BCUT2D eigenvalue weighted by atomic mass is 19.3. The summed E-state index contributed by atoms with van der Waals surface area (Å²) in [5.74, 6) is 1.02. The minimum atomic E-state index is -2.59. The van der Waals surface area contributed by atoms with Crippen LogP contribution in [0.3, 0.4) is 0 Å². The molecule has 1 aliphatic heterocycles. The van der Waals surface area contributed by atoms with Gasteiger partial charge in [-0.05, 0) is 30.7 Å². The Kier molecular flexibility index (Phi) is 5.62. The smallest absolute Gasteiger partial charge is 0.280 e. The van der Waals surface area contributed by atoms with Gasteiger partial charge in [-0.3, -0.25) is 9.78 Å². The molecule has 0 bridgehead atoms. The molecule has 0 radical (unpaired) electrons. The maximum absolute atomic E-state index is 12.5. The number of amides is 1. The second kappa shape index (κ2) is 8.09. The number of hydrogen-bond acceptors (Lipinski definition) is 5. The minimum absolute atomic E-state index is 0.0617. The normalized spacial score (nSPS) is 14.2. The molecule has 1 aromatic carbocycles. The number of benzene rings is 1. The molecule has 0 saturated heterocycles. The van der Waals surface area contributed by atoms with Crippen LogP contribution in [0.5, 0.6) is 11.5 Å². The van der Waals surface area contributed by atoms with Crippen LogP contribution >= 0.6 is 0 Å². The van der Waals surface area contributed by atoms with Gasteiger partial charge in [0.05, 0.1) is 6.54 Å². The molecule has 1 aromatic heterocycles. The summed E-state index contributed by atoms with van der Waals surface area (Å²) in [6.45, 7) is 2.87. The zero-order chi connectivity index (χ0) is 18.5. The number of fused-ring (bicyclic) bond motifs is 1. The number of aromatic nitrogens is 1. The van der Waals surface area contributed by atoms with Gasteiger partial charge in [-0.25, -0.2) is 8.78 Å². The van der Waals surface area contributed by atoms with E-state index in [2.05, 4.69) is 15.6 Å². The number of halogens is 2. The zero-order valence-corrected chi connectivity index (χ0v) is 14.2. The number of ether oxygens (including phenoxy) is 2. The van der Waals surface area contributed by atoms with E-state index < -0.39 is 6.43 Å². The third kappa shape index (κ3) is 4.45. The lowest BCUT2D eigenvalue weighted by atomic mass is 10.1. The Balaban J connectivity index is 1.52. The molecular weight excluding hydrogens is 344 g/mol. The first-order valence-corrected chi connectivity index (χ1v) is 8.20. The summed E-state index contributed by atoms with van der Waals surface area (Å²) < 4.78 is 35.9. The van der Waals surface area contributed by atoms with Crippen LogP contribution in [0.25, 0.3) is 0 Å². The summed E-state index contributed by atoms with van der Waals surface area (Å²) in [4.78, 5) is 15.8. The molecule has 1 amide bonds. The van der Waals surface area contributed by atoms with Gasteiger partial charge in [-0.15, -0.1) is 0 Å². The van der Waals surface area contributed by atoms with Crippen LogP contribution in [-0.4, -0.2) is 30.6 Å². The maximum Gasteiger partial charge on any atom is 0.280 e. The predicted octanol–water partition coefficient (Wildman–Crippen LogP) is 3.08. The van der Waals surface area contributed by atoms with E-state index in [1.165, 1.54) is 12.3 Å². The van der Waals surface area contributed by atoms with Crippen molar-refractivity contribution in [2.24, 2.45) is 0 Å². The standard InChI is InChI=1S/C18H19F2N3O3/c1-11(12-2-4-14(18(19)20)22-9-12)21-10-17(24)23-13-3-5-15-16(8-13)26-7-6-25-15/h2-5,8-9,11,18,21H,6-7,10H2,1H3,(H,23,24). The van der Waals surface area contributed by atoms with E-state index in [1.807, 2.05) is 6.92 Å². The molecule has 1 aliphatic rings. The largest absolute Gasteiger partial charge is 0.486 e. The molecule has 138 valence electrons. The summed E-state index contributed by atoms with van der Waals surface area (Å²) in [6, 6.07) is 7.85. The van der Waals surface area contributed by atoms with Crippen molar-refractivity contribution in [1.82, 2.24) is 10.3 Å². The molecule has 0 fully saturated rings. The molecule has 0 saturated carbocycles. The second-order valence-electron chi connectivity index (χ2n) is 5.83. The number of hydrogen-bond donors (Lipinski definition) is 2. The molecular formula is C18H19F2N3O3. The lowest BCUT2D eigenvalue weighted by Crippen LogP contribution is -2.30. The van der Waals surface area contributed by atoms with Crippen LogP contribution in [0.4, 0.5) is 14.5 Å². The van der Waals surface area contributed by atoms with Gasteiger partial charge in [0.15, 0.2) is 11.5 Å². The summed E-state index contributed by atoms with van der Waals surface area (Å²) >= 11 is 0. The second-order valence-corrected chi connectivity index (χ2v) is 5.83. The topological polar surface area (TPSA) is 72.5 Å². The van der Waals surface area contributed by atoms with Gasteiger partial charge >= 0.3 is 0 Å². The number of anilines is 1. The summed E-state index contributed by atoms with van der Waals surface area (Å²) in [7, 11) is 0.